The fraction of sp³-hybridized carbons (Fsp3) is 0.278. The van der Waals surface area contributed by atoms with Gasteiger partial charge >= 0.3 is 0 Å². The third kappa shape index (κ3) is 4.22. The summed E-state index contributed by atoms with van der Waals surface area (Å²) in [5, 5.41) is 13.5. The molecule has 0 atom stereocenters. The van der Waals surface area contributed by atoms with Crippen molar-refractivity contribution in [3.8, 4) is 11.5 Å². The van der Waals surface area contributed by atoms with Crippen LogP contribution in [-0.2, 0) is 14.6 Å². The quantitative estimate of drug-likeness (QED) is 0.577. The SMILES string of the molecule is Cc1c(NC(=O)CCS(=O)(=O)c2ccc3c(c2)OCCO3)cccc1[N+](=O)[O-]. The van der Waals surface area contributed by atoms with Gasteiger partial charge in [-0.1, -0.05) is 6.07 Å². The molecule has 0 fully saturated rings. The van der Waals surface area contributed by atoms with Gasteiger partial charge in [0.05, 0.1) is 26.8 Å². The number of amides is 1. The van der Waals surface area contributed by atoms with Crippen molar-refractivity contribution in [3.05, 3.63) is 52.1 Å². The maximum Gasteiger partial charge on any atom is 0.274 e. The fourth-order valence-corrected chi connectivity index (χ4v) is 3.98. The van der Waals surface area contributed by atoms with Crippen LogP contribution in [0.25, 0.3) is 0 Å². The number of anilines is 1. The average molecular weight is 406 g/mol. The van der Waals surface area contributed by atoms with E-state index in [-0.39, 0.29) is 22.7 Å². The molecule has 3 rings (SSSR count). The molecule has 0 bridgehead atoms. The van der Waals surface area contributed by atoms with E-state index in [4.69, 9.17) is 9.47 Å². The molecule has 0 saturated heterocycles. The minimum Gasteiger partial charge on any atom is -0.486 e. The predicted molar refractivity (Wildman–Crippen MR) is 101 cm³/mol. The second kappa shape index (κ2) is 7.85. The van der Waals surface area contributed by atoms with Crippen LogP contribution in [0.4, 0.5) is 11.4 Å². The number of carbonyl (C=O) groups excluding carboxylic acids is 1. The van der Waals surface area contributed by atoms with E-state index < -0.39 is 26.4 Å². The first-order valence-corrected chi connectivity index (χ1v) is 10.1. The Hall–Kier alpha value is -3.14. The van der Waals surface area contributed by atoms with Crippen LogP contribution < -0.4 is 14.8 Å². The number of nitrogens with zero attached hydrogens (tertiary/aromatic N) is 1. The molecular formula is C18H18N2O7S. The number of carbonyl (C=O) groups is 1. The Kier molecular flexibility index (Phi) is 5.50. The van der Waals surface area contributed by atoms with Crippen molar-refractivity contribution in [2.24, 2.45) is 0 Å². The Morgan fingerprint density at radius 1 is 1.18 bits per heavy atom. The lowest BCUT2D eigenvalue weighted by Gasteiger charge is -2.18. The van der Waals surface area contributed by atoms with E-state index in [1.807, 2.05) is 0 Å². The monoisotopic (exact) mass is 406 g/mol. The first-order chi connectivity index (χ1) is 13.3. The minimum absolute atomic E-state index is 0.0380. The largest absolute Gasteiger partial charge is 0.486 e. The van der Waals surface area contributed by atoms with E-state index in [0.29, 0.717) is 30.3 Å². The predicted octanol–water partition coefficient (Wildman–Crippen LogP) is 2.48. The Morgan fingerprint density at radius 2 is 1.89 bits per heavy atom. The molecule has 1 N–H and O–H groups in total. The van der Waals surface area contributed by atoms with Crippen LogP contribution in [-0.4, -0.2) is 38.2 Å². The second-order valence-corrected chi connectivity index (χ2v) is 8.24. The first kappa shape index (κ1) is 19.6. The van der Waals surface area contributed by atoms with Gasteiger partial charge in [-0.05, 0) is 25.1 Å². The van der Waals surface area contributed by atoms with Crippen LogP contribution in [0, 0.1) is 17.0 Å². The molecule has 2 aromatic carbocycles. The smallest absolute Gasteiger partial charge is 0.274 e. The van der Waals surface area contributed by atoms with Crippen molar-refractivity contribution in [1.29, 1.82) is 0 Å². The van der Waals surface area contributed by atoms with Gasteiger partial charge in [-0.2, -0.15) is 0 Å². The van der Waals surface area contributed by atoms with Crippen LogP contribution in [0.3, 0.4) is 0 Å². The summed E-state index contributed by atoms with van der Waals surface area (Å²) < 4.78 is 35.8. The van der Waals surface area contributed by atoms with Gasteiger partial charge in [0.2, 0.25) is 5.91 Å². The maximum atomic E-state index is 12.5. The zero-order valence-electron chi connectivity index (χ0n) is 15.0. The summed E-state index contributed by atoms with van der Waals surface area (Å²) in [5.41, 5.74) is 0.452. The molecule has 0 saturated carbocycles. The number of nitro benzene ring substituents is 1. The Morgan fingerprint density at radius 3 is 2.61 bits per heavy atom. The summed E-state index contributed by atoms with van der Waals surface area (Å²) in [6.45, 7) is 2.25. The van der Waals surface area contributed by atoms with E-state index in [9.17, 15) is 23.3 Å². The maximum absolute atomic E-state index is 12.5. The normalized spacial score (nSPS) is 13.0. The summed E-state index contributed by atoms with van der Waals surface area (Å²) >= 11 is 0. The topological polar surface area (TPSA) is 125 Å². The van der Waals surface area contributed by atoms with Gasteiger partial charge in [0.1, 0.15) is 13.2 Å². The van der Waals surface area contributed by atoms with E-state index in [1.165, 1.54) is 43.3 Å². The molecule has 0 unspecified atom stereocenters. The molecule has 1 heterocycles. The molecule has 0 aliphatic carbocycles. The summed E-state index contributed by atoms with van der Waals surface area (Å²) in [7, 11) is -3.72. The number of nitrogens with one attached hydrogen (secondary N) is 1. The summed E-state index contributed by atoms with van der Waals surface area (Å²) in [5.74, 6) is -0.135. The number of fused-ring (bicyclic) bond motifs is 1. The highest BCUT2D eigenvalue weighted by Crippen LogP contribution is 2.32. The van der Waals surface area contributed by atoms with Gasteiger partial charge in [-0.25, -0.2) is 8.42 Å². The van der Waals surface area contributed by atoms with E-state index >= 15 is 0 Å². The van der Waals surface area contributed by atoms with Crippen molar-refractivity contribution in [2.75, 3.05) is 24.3 Å². The highest BCUT2D eigenvalue weighted by Gasteiger charge is 2.21. The lowest BCUT2D eigenvalue weighted by Crippen LogP contribution is -2.19. The molecule has 0 radical (unpaired) electrons. The third-order valence-electron chi connectivity index (χ3n) is 4.25. The van der Waals surface area contributed by atoms with Gasteiger partial charge in [0.15, 0.2) is 21.3 Å². The fourth-order valence-electron chi connectivity index (χ4n) is 2.73. The van der Waals surface area contributed by atoms with Crippen molar-refractivity contribution in [2.45, 2.75) is 18.2 Å². The zero-order valence-corrected chi connectivity index (χ0v) is 15.8. The summed E-state index contributed by atoms with van der Waals surface area (Å²) in [6, 6.07) is 8.62. The van der Waals surface area contributed by atoms with Crippen LogP contribution in [0.1, 0.15) is 12.0 Å². The summed E-state index contributed by atoms with van der Waals surface area (Å²) in [6.07, 6.45) is -0.293. The molecular weight excluding hydrogens is 388 g/mol. The van der Waals surface area contributed by atoms with Gasteiger partial charge < -0.3 is 14.8 Å². The van der Waals surface area contributed by atoms with Gasteiger partial charge in [0, 0.05) is 18.6 Å². The van der Waals surface area contributed by atoms with Gasteiger partial charge in [-0.15, -0.1) is 0 Å². The van der Waals surface area contributed by atoms with Crippen molar-refractivity contribution in [1.82, 2.24) is 0 Å². The first-order valence-electron chi connectivity index (χ1n) is 8.44. The van der Waals surface area contributed by atoms with Gasteiger partial charge in [0.25, 0.3) is 5.69 Å². The molecule has 2 aromatic rings. The molecule has 10 heteroatoms. The van der Waals surface area contributed by atoms with E-state index in [1.54, 1.807) is 0 Å². The Bertz CT molecular complexity index is 1030. The minimum atomic E-state index is -3.72. The molecule has 9 nitrogen and oxygen atoms in total. The second-order valence-electron chi connectivity index (χ2n) is 6.13. The Labute approximate surface area is 161 Å². The van der Waals surface area contributed by atoms with E-state index in [2.05, 4.69) is 5.32 Å². The molecule has 28 heavy (non-hydrogen) atoms. The average Bonchev–Trinajstić information content (AvgIpc) is 2.67. The van der Waals surface area contributed by atoms with Crippen LogP contribution in [0.15, 0.2) is 41.3 Å². The number of rotatable bonds is 6. The van der Waals surface area contributed by atoms with Crippen molar-refractivity contribution in [3.63, 3.8) is 0 Å². The number of nitro groups is 1. The standard InChI is InChI=1S/C18H18N2O7S/c1-12-14(3-2-4-15(12)20(22)23)19-18(21)7-10-28(24,25)13-5-6-16-17(11-13)27-9-8-26-16/h2-6,11H,7-10H2,1H3,(H,19,21). The van der Waals surface area contributed by atoms with Crippen LogP contribution in [0.2, 0.25) is 0 Å². The molecule has 148 valence electrons. The molecule has 1 aliphatic heterocycles. The zero-order chi connectivity index (χ0) is 20.3. The van der Waals surface area contributed by atoms with Crippen molar-refractivity contribution >= 4 is 27.1 Å². The molecule has 0 spiro atoms. The van der Waals surface area contributed by atoms with Crippen molar-refractivity contribution < 1.29 is 27.6 Å². The Balaban J connectivity index is 1.67. The van der Waals surface area contributed by atoms with Gasteiger partial charge in [-0.3, -0.25) is 14.9 Å². The lowest BCUT2D eigenvalue weighted by molar-refractivity contribution is -0.385. The number of hydrogen-bond acceptors (Lipinski definition) is 7. The molecule has 1 amide bonds. The highest BCUT2D eigenvalue weighted by molar-refractivity contribution is 7.91. The molecule has 0 aromatic heterocycles. The number of ether oxygens (including phenoxy) is 2. The summed E-state index contributed by atoms with van der Waals surface area (Å²) in [4.78, 5) is 22.6. The number of benzene rings is 2. The van der Waals surface area contributed by atoms with E-state index in [0.717, 1.165) is 0 Å². The number of hydrogen-bond donors (Lipinski definition) is 1. The molecule has 1 aliphatic rings. The van der Waals surface area contributed by atoms with Crippen LogP contribution >= 0.6 is 0 Å². The number of sulfone groups is 1. The third-order valence-corrected chi connectivity index (χ3v) is 5.96. The lowest BCUT2D eigenvalue weighted by atomic mass is 10.1. The highest BCUT2D eigenvalue weighted by atomic mass is 32.2. The van der Waals surface area contributed by atoms with Crippen LogP contribution in [0.5, 0.6) is 11.5 Å².